The van der Waals surface area contributed by atoms with Crippen molar-refractivity contribution in [2.75, 3.05) is 25.1 Å². The van der Waals surface area contributed by atoms with E-state index in [1.54, 1.807) is 24.5 Å². The molecule has 8 nitrogen and oxygen atoms in total. The van der Waals surface area contributed by atoms with Crippen LogP contribution in [0.5, 0.6) is 0 Å². The Morgan fingerprint density at radius 1 is 1.20 bits per heavy atom. The highest BCUT2D eigenvalue weighted by Crippen LogP contribution is 2.29. The van der Waals surface area contributed by atoms with Gasteiger partial charge in [0, 0.05) is 55.6 Å². The first kappa shape index (κ1) is 20.1. The van der Waals surface area contributed by atoms with Crippen LogP contribution in [0.1, 0.15) is 12.8 Å². The Labute approximate surface area is 169 Å². The molecule has 0 aliphatic carbocycles. The lowest BCUT2D eigenvalue weighted by molar-refractivity contribution is -0.142. The van der Waals surface area contributed by atoms with Crippen molar-refractivity contribution in [3.63, 3.8) is 0 Å². The van der Waals surface area contributed by atoms with Crippen molar-refractivity contribution >= 4 is 22.8 Å². The first-order chi connectivity index (χ1) is 14.4. The average Bonchev–Trinajstić information content (AvgIpc) is 3.16. The third-order valence-corrected chi connectivity index (χ3v) is 4.95. The molecule has 1 aliphatic heterocycles. The Hall–Kier alpha value is -3.21. The SMILES string of the molecule is O=C(NCC(F)(F)F)C1(Nc2ccnc(-c3c[nH]c4ncccc34)n2)CCOCC1. The molecule has 3 aromatic heterocycles. The average molecular weight is 420 g/mol. The van der Waals surface area contributed by atoms with Crippen molar-refractivity contribution in [3.8, 4) is 11.4 Å². The van der Waals surface area contributed by atoms with Gasteiger partial charge in [-0.15, -0.1) is 0 Å². The molecule has 158 valence electrons. The minimum Gasteiger partial charge on any atom is -0.381 e. The number of H-pyrrole nitrogens is 1. The van der Waals surface area contributed by atoms with Crippen LogP contribution in [0.15, 0.2) is 36.8 Å². The molecule has 1 fully saturated rings. The molecule has 1 saturated heterocycles. The number of hydrogen-bond donors (Lipinski definition) is 3. The first-order valence-corrected chi connectivity index (χ1v) is 9.33. The summed E-state index contributed by atoms with van der Waals surface area (Å²) in [4.78, 5) is 28.7. The second kappa shape index (κ2) is 7.90. The van der Waals surface area contributed by atoms with Crippen molar-refractivity contribution in [2.45, 2.75) is 24.6 Å². The predicted octanol–water partition coefficient (Wildman–Crippen LogP) is 2.66. The fraction of sp³-hybridized carbons (Fsp3) is 0.368. The van der Waals surface area contributed by atoms with Gasteiger partial charge < -0.3 is 20.4 Å². The number of carbonyl (C=O) groups is 1. The summed E-state index contributed by atoms with van der Waals surface area (Å²) in [5.74, 6) is -0.000889. The fourth-order valence-electron chi connectivity index (χ4n) is 3.42. The Morgan fingerprint density at radius 3 is 2.77 bits per heavy atom. The number of hydrogen-bond acceptors (Lipinski definition) is 6. The number of ether oxygens (including phenoxy) is 1. The van der Waals surface area contributed by atoms with Crippen molar-refractivity contribution in [2.24, 2.45) is 0 Å². The highest BCUT2D eigenvalue weighted by Gasteiger charge is 2.42. The van der Waals surface area contributed by atoms with E-state index in [1.807, 2.05) is 11.4 Å². The van der Waals surface area contributed by atoms with Gasteiger partial charge in [0.1, 0.15) is 23.5 Å². The monoisotopic (exact) mass is 420 g/mol. The van der Waals surface area contributed by atoms with Gasteiger partial charge in [-0.2, -0.15) is 13.2 Å². The van der Waals surface area contributed by atoms with E-state index in [4.69, 9.17) is 4.74 Å². The molecule has 0 spiro atoms. The number of halogens is 3. The lowest BCUT2D eigenvalue weighted by Crippen LogP contribution is -2.57. The van der Waals surface area contributed by atoms with Crippen LogP contribution in [0.3, 0.4) is 0 Å². The van der Waals surface area contributed by atoms with Crippen LogP contribution in [0.2, 0.25) is 0 Å². The molecular formula is C19H19F3N6O2. The minimum absolute atomic E-state index is 0.215. The molecular weight excluding hydrogens is 401 g/mol. The zero-order valence-electron chi connectivity index (χ0n) is 15.8. The van der Waals surface area contributed by atoms with E-state index < -0.39 is 24.2 Å². The molecule has 3 N–H and O–H groups in total. The molecule has 0 bridgehead atoms. The molecule has 0 aromatic carbocycles. The number of anilines is 1. The molecule has 1 amide bonds. The van der Waals surface area contributed by atoms with Crippen molar-refractivity contribution < 1.29 is 22.7 Å². The van der Waals surface area contributed by atoms with Crippen LogP contribution in [-0.2, 0) is 9.53 Å². The molecule has 3 aromatic rings. The Kier molecular flexibility index (Phi) is 5.29. The van der Waals surface area contributed by atoms with Crippen LogP contribution in [-0.4, -0.2) is 57.3 Å². The number of pyridine rings is 1. The van der Waals surface area contributed by atoms with Crippen LogP contribution in [0, 0.1) is 0 Å². The normalized spacial score (nSPS) is 16.4. The van der Waals surface area contributed by atoms with Gasteiger partial charge in [-0.1, -0.05) is 0 Å². The molecule has 4 rings (SSSR count). The van der Waals surface area contributed by atoms with Crippen LogP contribution < -0.4 is 10.6 Å². The van der Waals surface area contributed by atoms with Gasteiger partial charge in [-0.3, -0.25) is 4.79 Å². The summed E-state index contributed by atoms with van der Waals surface area (Å²) in [6.45, 7) is -0.898. The third kappa shape index (κ3) is 4.20. The summed E-state index contributed by atoms with van der Waals surface area (Å²) >= 11 is 0. The van der Waals surface area contributed by atoms with Crippen LogP contribution in [0.25, 0.3) is 22.4 Å². The molecule has 0 atom stereocenters. The highest BCUT2D eigenvalue weighted by molar-refractivity contribution is 5.92. The number of fused-ring (bicyclic) bond motifs is 1. The van der Waals surface area contributed by atoms with E-state index in [1.165, 1.54) is 6.20 Å². The van der Waals surface area contributed by atoms with Crippen LogP contribution >= 0.6 is 0 Å². The van der Waals surface area contributed by atoms with E-state index in [0.717, 1.165) is 10.9 Å². The second-order valence-electron chi connectivity index (χ2n) is 6.98. The maximum absolute atomic E-state index is 12.7. The Morgan fingerprint density at radius 2 is 2.00 bits per heavy atom. The van der Waals surface area contributed by atoms with E-state index >= 15 is 0 Å². The minimum atomic E-state index is -4.49. The smallest absolute Gasteiger partial charge is 0.381 e. The van der Waals surface area contributed by atoms with Crippen molar-refractivity contribution in [1.82, 2.24) is 25.3 Å². The third-order valence-electron chi connectivity index (χ3n) is 4.95. The summed E-state index contributed by atoms with van der Waals surface area (Å²) in [7, 11) is 0. The lowest BCUT2D eigenvalue weighted by atomic mass is 9.88. The van der Waals surface area contributed by atoms with Crippen LogP contribution in [0.4, 0.5) is 19.0 Å². The number of carbonyl (C=O) groups excluding carboxylic acids is 1. The highest BCUT2D eigenvalue weighted by atomic mass is 19.4. The van der Waals surface area contributed by atoms with Gasteiger partial charge in [0.25, 0.3) is 0 Å². The molecule has 11 heteroatoms. The molecule has 30 heavy (non-hydrogen) atoms. The number of aromatic nitrogens is 4. The molecule has 0 saturated carbocycles. The summed E-state index contributed by atoms with van der Waals surface area (Å²) in [6, 6.07) is 5.25. The molecule has 4 heterocycles. The van der Waals surface area contributed by atoms with Gasteiger partial charge in [0.2, 0.25) is 5.91 Å². The number of amides is 1. The largest absolute Gasteiger partial charge is 0.405 e. The maximum Gasteiger partial charge on any atom is 0.405 e. The van der Waals surface area contributed by atoms with Gasteiger partial charge in [0.15, 0.2) is 5.82 Å². The number of rotatable bonds is 5. The van der Waals surface area contributed by atoms with Gasteiger partial charge >= 0.3 is 6.18 Å². The summed E-state index contributed by atoms with van der Waals surface area (Å²) in [6.07, 6.45) is 0.862. The fourth-order valence-corrected chi connectivity index (χ4v) is 3.42. The van der Waals surface area contributed by atoms with E-state index in [9.17, 15) is 18.0 Å². The Bertz CT molecular complexity index is 1050. The van der Waals surface area contributed by atoms with Gasteiger partial charge in [-0.05, 0) is 18.2 Å². The van der Waals surface area contributed by atoms with E-state index in [0.29, 0.717) is 17.3 Å². The van der Waals surface area contributed by atoms with E-state index in [-0.39, 0.29) is 26.1 Å². The zero-order chi connectivity index (χ0) is 21.2. The first-order valence-electron chi connectivity index (χ1n) is 9.33. The van der Waals surface area contributed by atoms with Crippen molar-refractivity contribution in [3.05, 3.63) is 36.8 Å². The molecule has 0 unspecified atom stereocenters. The topological polar surface area (TPSA) is 105 Å². The van der Waals surface area contributed by atoms with Gasteiger partial charge in [0.05, 0.1) is 0 Å². The summed E-state index contributed by atoms with van der Waals surface area (Å²) in [5, 5.41) is 5.86. The predicted molar refractivity (Wildman–Crippen MR) is 103 cm³/mol. The lowest BCUT2D eigenvalue weighted by Gasteiger charge is -2.37. The number of aromatic amines is 1. The maximum atomic E-state index is 12.7. The summed E-state index contributed by atoms with van der Waals surface area (Å²) < 4.78 is 43.1. The Balaban J connectivity index is 1.61. The molecule has 1 aliphatic rings. The standard InChI is InChI=1S/C19H19F3N6O2/c20-19(21,22)11-26-17(29)18(4-8-30-9-5-18)28-14-3-7-24-16(27-14)13-10-25-15-12(13)2-1-6-23-15/h1-3,6-7,10H,4-5,8-9,11H2,(H,23,25)(H,26,29)(H,24,27,28). The summed E-state index contributed by atoms with van der Waals surface area (Å²) in [5.41, 5.74) is 0.155. The molecule has 0 radical (unpaired) electrons. The second-order valence-corrected chi connectivity index (χ2v) is 6.98. The number of alkyl halides is 3. The zero-order valence-corrected chi connectivity index (χ0v) is 15.8. The van der Waals surface area contributed by atoms with E-state index in [2.05, 4.69) is 25.3 Å². The van der Waals surface area contributed by atoms with Crippen molar-refractivity contribution in [1.29, 1.82) is 0 Å². The van der Waals surface area contributed by atoms with Gasteiger partial charge in [-0.25, -0.2) is 15.0 Å². The quantitative estimate of drug-likeness (QED) is 0.586. The number of nitrogens with one attached hydrogen (secondary N) is 3. The number of nitrogens with zero attached hydrogens (tertiary/aromatic N) is 3.